The highest BCUT2D eigenvalue weighted by atomic mass is 35.5. The number of fused-ring (bicyclic) bond motifs is 2. The lowest BCUT2D eigenvalue weighted by molar-refractivity contribution is 0.723. The normalized spacial score (nSPS) is 11.2. The van der Waals surface area contributed by atoms with E-state index in [1.54, 1.807) is 18.2 Å². The molecule has 0 aliphatic heterocycles. The number of para-hydroxylation sites is 2. The fourth-order valence-corrected chi connectivity index (χ4v) is 2.85. The summed E-state index contributed by atoms with van der Waals surface area (Å²) in [6.07, 6.45) is 1.54. The lowest BCUT2D eigenvalue weighted by Crippen LogP contribution is -2.22. The Morgan fingerprint density at radius 3 is 2.58 bits per heavy atom. The molecule has 24 heavy (non-hydrogen) atoms. The SMILES string of the molecule is Cc1nc2ccccc2nc1Cn1cnc2ccc(Cl)cc2c1=O. The third-order valence-corrected chi connectivity index (χ3v) is 4.18. The van der Waals surface area contributed by atoms with Crippen LogP contribution in [0.15, 0.2) is 53.6 Å². The predicted octanol–water partition coefficient (Wildman–Crippen LogP) is 3.35. The summed E-state index contributed by atoms with van der Waals surface area (Å²) in [4.78, 5) is 26.2. The van der Waals surface area contributed by atoms with Gasteiger partial charge in [-0.05, 0) is 37.3 Å². The molecule has 0 bridgehead atoms. The Morgan fingerprint density at radius 2 is 1.79 bits per heavy atom. The third-order valence-electron chi connectivity index (χ3n) is 3.95. The van der Waals surface area contributed by atoms with Crippen LogP contribution in [0.5, 0.6) is 0 Å². The molecule has 0 saturated carbocycles. The molecule has 0 amide bonds. The Balaban J connectivity index is 1.83. The highest BCUT2D eigenvalue weighted by Gasteiger charge is 2.09. The van der Waals surface area contributed by atoms with Crippen molar-refractivity contribution in [2.45, 2.75) is 13.5 Å². The van der Waals surface area contributed by atoms with Crippen LogP contribution in [0.2, 0.25) is 5.02 Å². The first-order valence-corrected chi connectivity index (χ1v) is 7.86. The zero-order chi connectivity index (χ0) is 16.7. The van der Waals surface area contributed by atoms with Gasteiger partial charge < -0.3 is 0 Å². The lowest BCUT2D eigenvalue weighted by Gasteiger charge is -2.09. The Bertz CT molecular complexity index is 1140. The molecular formula is C18H13ClN4O. The van der Waals surface area contributed by atoms with Gasteiger partial charge in [0.1, 0.15) is 0 Å². The maximum absolute atomic E-state index is 12.7. The highest BCUT2D eigenvalue weighted by molar-refractivity contribution is 6.31. The van der Waals surface area contributed by atoms with Crippen molar-refractivity contribution in [1.82, 2.24) is 19.5 Å². The van der Waals surface area contributed by atoms with Gasteiger partial charge in [0.25, 0.3) is 5.56 Å². The quantitative estimate of drug-likeness (QED) is 0.563. The minimum Gasteiger partial charge on any atom is -0.293 e. The van der Waals surface area contributed by atoms with E-state index in [1.165, 1.54) is 10.9 Å². The molecule has 2 aromatic carbocycles. The number of nitrogens with zero attached hydrogens (tertiary/aromatic N) is 4. The first kappa shape index (κ1) is 14.8. The number of halogens is 1. The molecule has 0 fully saturated rings. The predicted molar refractivity (Wildman–Crippen MR) is 94.4 cm³/mol. The van der Waals surface area contributed by atoms with Crippen molar-refractivity contribution in [3.8, 4) is 0 Å². The average molecular weight is 337 g/mol. The molecule has 0 unspecified atom stereocenters. The number of benzene rings is 2. The summed E-state index contributed by atoms with van der Waals surface area (Å²) in [6, 6.07) is 12.8. The fourth-order valence-electron chi connectivity index (χ4n) is 2.68. The molecule has 2 aromatic heterocycles. The van der Waals surface area contributed by atoms with Gasteiger partial charge in [0.05, 0.1) is 46.2 Å². The molecule has 4 aromatic rings. The van der Waals surface area contributed by atoms with Crippen LogP contribution in [0.25, 0.3) is 21.9 Å². The molecule has 0 spiro atoms. The van der Waals surface area contributed by atoms with E-state index < -0.39 is 0 Å². The average Bonchev–Trinajstić information content (AvgIpc) is 2.58. The van der Waals surface area contributed by atoms with Crippen LogP contribution in [0.3, 0.4) is 0 Å². The van der Waals surface area contributed by atoms with E-state index in [1.807, 2.05) is 31.2 Å². The van der Waals surface area contributed by atoms with Crippen LogP contribution >= 0.6 is 11.6 Å². The van der Waals surface area contributed by atoms with Gasteiger partial charge in [-0.15, -0.1) is 0 Å². The van der Waals surface area contributed by atoms with Gasteiger partial charge in [0.15, 0.2) is 0 Å². The van der Waals surface area contributed by atoms with Gasteiger partial charge in [-0.1, -0.05) is 23.7 Å². The Hall–Kier alpha value is -2.79. The maximum atomic E-state index is 12.7. The van der Waals surface area contributed by atoms with Gasteiger partial charge in [-0.3, -0.25) is 9.36 Å². The third kappa shape index (κ3) is 2.53. The summed E-state index contributed by atoms with van der Waals surface area (Å²) in [5, 5.41) is 1.01. The summed E-state index contributed by atoms with van der Waals surface area (Å²) >= 11 is 6.00. The summed E-state index contributed by atoms with van der Waals surface area (Å²) in [5.41, 5.74) is 3.68. The number of hydrogen-bond acceptors (Lipinski definition) is 4. The second-order valence-corrected chi connectivity index (χ2v) is 6.02. The van der Waals surface area contributed by atoms with Crippen LogP contribution in [0, 0.1) is 6.92 Å². The summed E-state index contributed by atoms with van der Waals surface area (Å²) in [5.74, 6) is 0. The molecular weight excluding hydrogens is 324 g/mol. The Morgan fingerprint density at radius 1 is 1.04 bits per heavy atom. The lowest BCUT2D eigenvalue weighted by atomic mass is 10.2. The summed E-state index contributed by atoms with van der Waals surface area (Å²) < 4.78 is 1.53. The molecule has 118 valence electrons. The smallest absolute Gasteiger partial charge is 0.261 e. The minimum atomic E-state index is -0.142. The molecule has 4 rings (SSSR count). The monoisotopic (exact) mass is 336 g/mol. The molecule has 6 heteroatoms. The largest absolute Gasteiger partial charge is 0.293 e. The standard InChI is InChI=1S/C18H13ClN4O/c1-11-17(22-16-5-3-2-4-15(16)21-11)9-23-10-20-14-7-6-12(19)8-13(14)18(23)24/h2-8,10H,9H2,1H3. The van der Waals surface area contributed by atoms with Crippen molar-refractivity contribution in [1.29, 1.82) is 0 Å². The van der Waals surface area contributed by atoms with E-state index in [2.05, 4.69) is 15.0 Å². The number of hydrogen-bond donors (Lipinski definition) is 0. The number of aromatic nitrogens is 4. The number of rotatable bonds is 2. The van der Waals surface area contributed by atoms with Crippen LogP contribution < -0.4 is 5.56 Å². The second-order valence-electron chi connectivity index (χ2n) is 5.58. The van der Waals surface area contributed by atoms with Crippen molar-refractivity contribution in [3.63, 3.8) is 0 Å². The molecule has 0 aliphatic carbocycles. The molecule has 5 nitrogen and oxygen atoms in total. The van der Waals surface area contributed by atoms with Crippen LogP contribution in [0.1, 0.15) is 11.4 Å². The minimum absolute atomic E-state index is 0.142. The van der Waals surface area contributed by atoms with Crippen molar-refractivity contribution in [3.05, 3.63) is 75.6 Å². The number of aryl methyl sites for hydroxylation is 1. The topological polar surface area (TPSA) is 60.7 Å². The molecule has 0 atom stereocenters. The van der Waals surface area contributed by atoms with Crippen molar-refractivity contribution >= 4 is 33.5 Å². The van der Waals surface area contributed by atoms with Gasteiger partial charge in [0, 0.05) is 5.02 Å². The summed E-state index contributed by atoms with van der Waals surface area (Å²) in [6.45, 7) is 2.21. The Kier molecular flexibility index (Phi) is 3.50. The van der Waals surface area contributed by atoms with E-state index in [-0.39, 0.29) is 5.56 Å². The van der Waals surface area contributed by atoms with Crippen molar-refractivity contribution in [2.24, 2.45) is 0 Å². The van der Waals surface area contributed by atoms with Crippen LogP contribution in [-0.2, 0) is 6.54 Å². The Labute approximate surface area is 142 Å². The maximum Gasteiger partial charge on any atom is 0.261 e. The van der Waals surface area contributed by atoms with Crippen molar-refractivity contribution < 1.29 is 0 Å². The fraction of sp³-hybridized carbons (Fsp3) is 0.111. The van der Waals surface area contributed by atoms with E-state index in [0.29, 0.717) is 22.5 Å². The first-order valence-electron chi connectivity index (χ1n) is 7.49. The van der Waals surface area contributed by atoms with Gasteiger partial charge in [0.2, 0.25) is 0 Å². The molecule has 2 heterocycles. The zero-order valence-electron chi connectivity index (χ0n) is 12.9. The molecule has 0 N–H and O–H groups in total. The molecule has 0 radical (unpaired) electrons. The second kappa shape index (κ2) is 5.69. The van der Waals surface area contributed by atoms with Crippen LogP contribution in [0.4, 0.5) is 0 Å². The summed E-state index contributed by atoms with van der Waals surface area (Å²) in [7, 11) is 0. The first-order chi connectivity index (χ1) is 11.6. The van der Waals surface area contributed by atoms with E-state index in [4.69, 9.17) is 11.6 Å². The van der Waals surface area contributed by atoms with Gasteiger partial charge in [-0.2, -0.15) is 0 Å². The van der Waals surface area contributed by atoms with E-state index in [0.717, 1.165) is 22.4 Å². The highest BCUT2D eigenvalue weighted by Crippen LogP contribution is 2.15. The van der Waals surface area contributed by atoms with Crippen molar-refractivity contribution in [2.75, 3.05) is 0 Å². The van der Waals surface area contributed by atoms with E-state index in [9.17, 15) is 4.79 Å². The molecule has 0 aliphatic rings. The zero-order valence-corrected chi connectivity index (χ0v) is 13.7. The van der Waals surface area contributed by atoms with Gasteiger partial charge in [-0.25, -0.2) is 15.0 Å². The van der Waals surface area contributed by atoms with E-state index >= 15 is 0 Å². The van der Waals surface area contributed by atoms with Gasteiger partial charge >= 0.3 is 0 Å². The molecule has 0 saturated heterocycles. The van der Waals surface area contributed by atoms with Crippen LogP contribution in [-0.4, -0.2) is 19.5 Å².